The second-order valence-electron chi connectivity index (χ2n) is 6.00. The summed E-state index contributed by atoms with van der Waals surface area (Å²) in [5, 5.41) is 7.09. The molecule has 22 heavy (non-hydrogen) atoms. The van der Waals surface area contributed by atoms with E-state index in [1.165, 1.54) is 6.20 Å². The summed E-state index contributed by atoms with van der Waals surface area (Å²) in [6.45, 7) is 0.608. The Morgan fingerprint density at radius 1 is 1.41 bits per heavy atom. The molecule has 1 unspecified atom stereocenters. The molecule has 1 aliphatic carbocycles. The van der Waals surface area contributed by atoms with Crippen LogP contribution in [0.5, 0.6) is 0 Å². The zero-order chi connectivity index (χ0) is 15.3. The van der Waals surface area contributed by atoms with E-state index in [0.717, 1.165) is 12.8 Å². The first-order chi connectivity index (χ1) is 10.6. The second kappa shape index (κ2) is 4.72. The highest BCUT2D eigenvalue weighted by atomic mass is 16.2. The number of pyridine rings is 1. The van der Waals surface area contributed by atoms with Crippen molar-refractivity contribution in [3.8, 4) is 0 Å². The number of nitrogens with one attached hydrogen (secondary N) is 1. The molecule has 0 aromatic carbocycles. The number of carbonyl (C=O) groups is 2. The Hall–Kier alpha value is -2.57. The smallest absolute Gasteiger partial charge is 0.255 e. The van der Waals surface area contributed by atoms with Crippen molar-refractivity contribution >= 4 is 23.0 Å². The number of likely N-dealkylation sites (tertiary alicyclic amines) is 1. The Morgan fingerprint density at radius 3 is 3.00 bits per heavy atom. The molecule has 7 nitrogen and oxygen atoms in total. The summed E-state index contributed by atoms with van der Waals surface area (Å²) in [6, 6.07) is 3.71. The van der Waals surface area contributed by atoms with Gasteiger partial charge in [-0.25, -0.2) is 4.52 Å². The van der Waals surface area contributed by atoms with Crippen molar-refractivity contribution in [3.05, 3.63) is 30.1 Å². The number of nitrogens with two attached hydrogens (primary N) is 1. The highest BCUT2D eigenvalue weighted by molar-refractivity contribution is 6.01. The van der Waals surface area contributed by atoms with Crippen molar-refractivity contribution in [2.45, 2.75) is 31.3 Å². The van der Waals surface area contributed by atoms with Crippen molar-refractivity contribution in [3.63, 3.8) is 0 Å². The Morgan fingerprint density at radius 2 is 2.23 bits per heavy atom. The van der Waals surface area contributed by atoms with Gasteiger partial charge in [0.15, 0.2) is 0 Å². The fourth-order valence-electron chi connectivity index (χ4n) is 3.00. The lowest BCUT2D eigenvalue weighted by molar-refractivity contribution is -0.128. The average Bonchev–Trinajstić information content (AvgIpc) is 3.13. The summed E-state index contributed by atoms with van der Waals surface area (Å²) in [7, 11) is 0. The van der Waals surface area contributed by atoms with Crippen LogP contribution in [0.2, 0.25) is 0 Å². The Bertz CT molecular complexity index is 764. The van der Waals surface area contributed by atoms with Crippen LogP contribution in [0.25, 0.3) is 5.52 Å². The van der Waals surface area contributed by atoms with Gasteiger partial charge in [0, 0.05) is 30.9 Å². The lowest BCUT2D eigenvalue weighted by Gasteiger charge is -2.15. The van der Waals surface area contributed by atoms with Gasteiger partial charge in [0.2, 0.25) is 5.91 Å². The van der Waals surface area contributed by atoms with Gasteiger partial charge < -0.3 is 16.0 Å². The summed E-state index contributed by atoms with van der Waals surface area (Å²) >= 11 is 0. The molecule has 1 atom stereocenters. The first-order valence-electron chi connectivity index (χ1n) is 7.45. The molecule has 1 aliphatic heterocycles. The van der Waals surface area contributed by atoms with Gasteiger partial charge in [-0.1, -0.05) is 0 Å². The molecule has 3 heterocycles. The van der Waals surface area contributed by atoms with E-state index in [-0.39, 0.29) is 17.9 Å². The first-order valence-corrected chi connectivity index (χ1v) is 7.45. The van der Waals surface area contributed by atoms with E-state index in [1.54, 1.807) is 22.8 Å². The van der Waals surface area contributed by atoms with Crippen LogP contribution in [-0.2, 0) is 4.79 Å². The number of fused-ring (bicyclic) bond motifs is 1. The van der Waals surface area contributed by atoms with Gasteiger partial charge in [-0.3, -0.25) is 9.59 Å². The molecule has 0 radical (unpaired) electrons. The van der Waals surface area contributed by atoms with E-state index < -0.39 is 0 Å². The second-order valence-corrected chi connectivity index (χ2v) is 6.00. The third-order valence-electron chi connectivity index (χ3n) is 4.27. The van der Waals surface area contributed by atoms with Crippen LogP contribution in [0.15, 0.2) is 24.5 Å². The number of anilines is 1. The monoisotopic (exact) mass is 299 g/mol. The van der Waals surface area contributed by atoms with E-state index in [1.807, 2.05) is 4.90 Å². The molecule has 2 amide bonds. The molecule has 1 saturated carbocycles. The van der Waals surface area contributed by atoms with E-state index in [0.29, 0.717) is 35.8 Å². The molecular weight excluding hydrogens is 282 g/mol. The lowest BCUT2D eigenvalue weighted by atomic mass is 10.2. The van der Waals surface area contributed by atoms with Gasteiger partial charge in [-0.05, 0) is 25.0 Å². The molecule has 0 bridgehead atoms. The summed E-state index contributed by atoms with van der Waals surface area (Å²) in [5.74, 6) is -0.0760. The van der Waals surface area contributed by atoms with Crippen LogP contribution in [0, 0.1) is 0 Å². The quantitative estimate of drug-likeness (QED) is 0.858. The van der Waals surface area contributed by atoms with Gasteiger partial charge in [0.05, 0.1) is 23.3 Å². The van der Waals surface area contributed by atoms with E-state index in [2.05, 4.69) is 10.4 Å². The minimum absolute atomic E-state index is 0.128. The minimum Gasteiger partial charge on any atom is -0.399 e. The number of nitrogen functional groups attached to an aromatic ring is 1. The summed E-state index contributed by atoms with van der Waals surface area (Å²) in [4.78, 5) is 26.3. The number of carbonyl (C=O) groups excluding carboxylic acids is 2. The predicted octanol–water partition coefficient (Wildman–Crippen LogP) is 0.410. The van der Waals surface area contributed by atoms with Crippen LogP contribution in [0.3, 0.4) is 0 Å². The van der Waals surface area contributed by atoms with Crippen molar-refractivity contribution < 1.29 is 9.59 Å². The number of nitrogens with zero attached hydrogens (tertiary/aromatic N) is 3. The molecule has 2 aromatic heterocycles. The van der Waals surface area contributed by atoms with Crippen molar-refractivity contribution in [1.29, 1.82) is 0 Å². The molecular formula is C15H17N5O2. The average molecular weight is 299 g/mol. The van der Waals surface area contributed by atoms with Crippen LogP contribution in [0.4, 0.5) is 5.69 Å². The summed E-state index contributed by atoms with van der Waals surface area (Å²) in [5.41, 5.74) is 7.49. The van der Waals surface area contributed by atoms with Gasteiger partial charge in [0.1, 0.15) is 0 Å². The van der Waals surface area contributed by atoms with Gasteiger partial charge in [-0.2, -0.15) is 5.10 Å². The van der Waals surface area contributed by atoms with E-state index >= 15 is 0 Å². The molecule has 7 heteroatoms. The normalized spacial score (nSPS) is 21.5. The largest absolute Gasteiger partial charge is 0.399 e. The third kappa shape index (κ3) is 2.18. The van der Waals surface area contributed by atoms with E-state index in [9.17, 15) is 9.59 Å². The van der Waals surface area contributed by atoms with Gasteiger partial charge >= 0.3 is 0 Å². The van der Waals surface area contributed by atoms with Crippen LogP contribution < -0.4 is 11.1 Å². The van der Waals surface area contributed by atoms with Crippen molar-refractivity contribution in [1.82, 2.24) is 19.8 Å². The summed E-state index contributed by atoms with van der Waals surface area (Å²) < 4.78 is 1.61. The van der Waals surface area contributed by atoms with Crippen molar-refractivity contribution in [2.24, 2.45) is 0 Å². The van der Waals surface area contributed by atoms with Gasteiger partial charge in [-0.15, -0.1) is 0 Å². The third-order valence-corrected chi connectivity index (χ3v) is 4.27. The SMILES string of the molecule is Nc1ccn2ncc(C(=O)NC3CC(=O)N(C4CC4)C3)c2c1. The number of amides is 2. The molecule has 4 rings (SSSR count). The fourth-order valence-corrected chi connectivity index (χ4v) is 3.00. The highest BCUT2D eigenvalue weighted by Crippen LogP contribution is 2.30. The predicted molar refractivity (Wildman–Crippen MR) is 80.2 cm³/mol. The molecule has 1 saturated heterocycles. The number of rotatable bonds is 3. The van der Waals surface area contributed by atoms with Crippen LogP contribution >= 0.6 is 0 Å². The Labute approximate surface area is 127 Å². The minimum atomic E-state index is -0.212. The molecule has 2 aliphatic rings. The summed E-state index contributed by atoms with van der Waals surface area (Å²) in [6.07, 6.45) is 5.79. The Kier molecular flexibility index (Phi) is 2.82. The number of hydrogen-bond acceptors (Lipinski definition) is 4. The molecule has 2 fully saturated rings. The topological polar surface area (TPSA) is 92.7 Å². The number of hydrogen-bond donors (Lipinski definition) is 2. The fraction of sp³-hybridized carbons (Fsp3) is 0.400. The lowest BCUT2D eigenvalue weighted by Crippen LogP contribution is -2.37. The van der Waals surface area contributed by atoms with E-state index in [4.69, 9.17) is 5.73 Å². The van der Waals surface area contributed by atoms with Crippen LogP contribution in [-0.4, -0.2) is 45.0 Å². The van der Waals surface area contributed by atoms with Gasteiger partial charge in [0.25, 0.3) is 5.91 Å². The molecule has 2 aromatic rings. The maximum Gasteiger partial charge on any atom is 0.255 e. The van der Waals surface area contributed by atoms with Crippen molar-refractivity contribution in [2.75, 3.05) is 12.3 Å². The standard InChI is InChI=1S/C15H17N5O2/c16-9-3-4-20-13(5-9)12(7-17-20)15(22)18-10-6-14(21)19(8-10)11-1-2-11/h3-5,7,10-11H,1-2,6,8,16H2,(H,18,22). The first kappa shape index (κ1) is 13.1. The maximum atomic E-state index is 12.5. The molecule has 114 valence electrons. The zero-order valence-corrected chi connectivity index (χ0v) is 12.0. The maximum absolute atomic E-state index is 12.5. The highest BCUT2D eigenvalue weighted by Gasteiger charge is 2.39. The molecule has 3 N–H and O–H groups in total. The van der Waals surface area contributed by atoms with Crippen LogP contribution in [0.1, 0.15) is 29.6 Å². The Balaban J connectivity index is 1.52. The zero-order valence-electron chi connectivity index (χ0n) is 12.0. The number of aromatic nitrogens is 2. The molecule has 0 spiro atoms.